The molecule has 0 heterocycles. The summed E-state index contributed by atoms with van der Waals surface area (Å²) in [6.45, 7) is 6.09. The third-order valence-electron chi connectivity index (χ3n) is 3.67. The Hall–Kier alpha value is -2.82. The average molecular weight is 340 g/mol. The highest BCUT2D eigenvalue weighted by Crippen LogP contribution is 2.21. The molecule has 2 amide bonds. The fourth-order valence-corrected chi connectivity index (χ4v) is 2.29. The van der Waals surface area contributed by atoms with E-state index in [1.165, 1.54) is 6.92 Å². The Morgan fingerprint density at radius 3 is 2.60 bits per heavy atom. The molecular weight excluding hydrogens is 316 g/mol. The van der Waals surface area contributed by atoms with Crippen molar-refractivity contribution in [3.05, 3.63) is 53.6 Å². The maximum absolute atomic E-state index is 12.5. The zero-order chi connectivity index (χ0) is 18.2. The molecule has 2 aromatic rings. The summed E-state index contributed by atoms with van der Waals surface area (Å²) in [5, 5.41) is 5.60. The first kappa shape index (κ1) is 18.5. The van der Waals surface area contributed by atoms with Crippen molar-refractivity contribution in [3.8, 4) is 5.75 Å². The van der Waals surface area contributed by atoms with Gasteiger partial charge in [-0.2, -0.15) is 0 Å². The van der Waals surface area contributed by atoms with Crippen molar-refractivity contribution in [3.63, 3.8) is 0 Å². The van der Waals surface area contributed by atoms with Crippen LogP contribution in [-0.2, 0) is 4.79 Å². The monoisotopic (exact) mass is 340 g/mol. The third-order valence-corrected chi connectivity index (χ3v) is 3.67. The smallest absolute Gasteiger partial charge is 0.255 e. The van der Waals surface area contributed by atoms with E-state index in [0.29, 0.717) is 29.3 Å². The minimum absolute atomic E-state index is 0.150. The summed E-state index contributed by atoms with van der Waals surface area (Å²) in [5.74, 6) is 0.311. The van der Waals surface area contributed by atoms with E-state index in [1.807, 2.05) is 19.1 Å². The summed E-state index contributed by atoms with van der Waals surface area (Å²) >= 11 is 0. The van der Waals surface area contributed by atoms with Crippen molar-refractivity contribution in [1.82, 2.24) is 0 Å². The van der Waals surface area contributed by atoms with E-state index >= 15 is 0 Å². The number of hydrogen-bond acceptors (Lipinski definition) is 3. The lowest BCUT2D eigenvalue weighted by Gasteiger charge is -2.11. The van der Waals surface area contributed by atoms with Gasteiger partial charge in [0.05, 0.1) is 6.61 Å². The molecule has 0 atom stereocenters. The van der Waals surface area contributed by atoms with Crippen molar-refractivity contribution in [2.45, 2.75) is 33.6 Å². The molecule has 5 nitrogen and oxygen atoms in total. The molecule has 2 N–H and O–H groups in total. The zero-order valence-corrected chi connectivity index (χ0v) is 14.9. The zero-order valence-electron chi connectivity index (χ0n) is 14.9. The number of rotatable bonds is 7. The van der Waals surface area contributed by atoms with Gasteiger partial charge < -0.3 is 15.4 Å². The van der Waals surface area contributed by atoms with Gasteiger partial charge in [-0.25, -0.2) is 0 Å². The van der Waals surface area contributed by atoms with E-state index in [-0.39, 0.29) is 11.8 Å². The molecular formula is C20H24N2O3. The van der Waals surface area contributed by atoms with Crippen LogP contribution in [0.3, 0.4) is 0 Å². The van der Waals surface area contributed by atoms with Gasteiger partial charge in [-0.15, -0.1) is 0 Å². The second-order valence-corrected chi connectivity index (χ2v) is 5.89. The summed E-state index contributed by atoms with van der Waals surface area (Å²) in [4.78, 5) is 23.7. The first-order valence-corrected chi connectivity index (χ1v) is 8.42. The molecule has 0 saturated heterocycles. The van der Waals surface area contributed by atoms with Crippen LogP contribution in [0.15, 0.2) is 42.5 Å². The Labute approximate surface area is 148 Å². The van der Waals surface area contributed by atoms with E-state index in [0.717, 1.165) is 18.4 Å². The largest absolute Gasteiger partial charge is 0.494 e. The first-order chi connectivity index (χ1) is 12.0. The second kappa shape index (κ2) is 8.87. The van der Waals surface area contributed by atoms with Crippen LogP contribution in [-0.4, -0.2) is 18.4 Å². The Balaban J connectivity index is 2.09. The Morgan fingerprint density at radius 1 is 1.08 bits per heavy atom. The number of aryl methyl sites for hydroxylation is 1. The van der Waals surface area contributed by atoms with E-state index < -0.39 is 0 Å². The number of ether oxygens (including phenoxy) is 1. The Kier molecular flexibility index (Phi) is 6.57. The molecule has 2 rings (SSSR count). The standard InChI is InChI=1S/C20H24N2O3/c1-4-5-11-25-18-8-6-7-16(12-18)20(24)22-17-10-9-14(2)19(13-17)21-15(3)23/h6-10,12-13H,4-5,11H2,1-3H3,(H,21,23)(H,22,24). The van der Waals surface area contributed by atoms with Gasteiger partial charge in [-0.3, -0.25) is 9.59 Å². The van der Waals surface area contributed by atoms with Crippen molar-refractivity contribution < 1.29 is 14.3 Å². The number of carbonyl (C=O) groups excluding carboxylic acids is 2. The summed E-state index contributed by atoms with van der Waals surface area (Å²) in [6.07, 6.45) is 2.04. The number of benzene rings is 2. The molecule has 0 aliphatic carbocycles. The van der Waals surface area contributed by atoms with Crippen LogP contribution in [0.4, 0.5) is 11.4 Å². The highest BCUT2D eigenvalue weighted by Gasteiger charge is 2.09. The van der Waals surface area contributed by atoms with E-state index in [1.54, 1.807) is 30.3 Å². The molecule has 5 heteroatoms. The number of anilines is 2. The number of carbonyl (C=O) groups is 2. The van der Waals surface area contributed by atoms with Gasteiger partial charge in [0.15, 0.2) is 0 Å². The lowest BCUT2D eigenvalue weighted by Crippen LogP contribution is -2.13. The van der Waals surface area contributed by atoms with Gasteiger partial charge in [-0.1, -0.05) is 25.5 Å². The molecule has 0 saturated carbocycles. The second-order valence-electron chi connectivity index (χ2n) is 5.89. The van der Waals surface area contributed by atoms with Crippen LogP contribution in [0, 0.1) is 6.92 Å². The predicted octanol–water partition coefficient (Wildman–Crippen LogP) is 4.38. The van der Waals surface area contributed by atoms with Crippen LogP contribution >= 0.6 is 0 Å². The fraction of sp³-hybridized carbons (Fsp3) is 0.300. The quantitative estimate of drug-likeness (QED) is 0.735. The molecule has 0 aliphatic rings. The van der Waals surface area contributed by atoms with Gasteiger partial charge >= 0.3 is 0 Å². The average Bonchev–Trinajstić information content (AvgIpc) is 2.58. The van der Waals surface area contributed by atoms with E-state index in [4.69, 9.17) is 4.74 Å². The summed E-state index contributed by atoms with van der Waals surface area (Å²) < 4.78 is 5.64. The molecule has 25 heavy (non-hydrogen) atoms. The molecule has 0 radical (unpaired) electrons. The Bertz CT molecular complexity index is 756. The van der Waals surface area contributed by atoms with Crippen LogP contribution in [0.2, 0.25) is 0 Å². The molecule has 0 unspecified atom stereocenters. The maximum Gasteiger partial charge on any atom is 0.255 e. The number of unbranched alkanes of at least 4 members (excludes halogenated alkanes) is 1. The van der Waals surface area contributed by atoms with Crippen LogP contribution < -0.4 is 15.4 Å². The third kappa shape index (κ3) is 5.64. The molecule has 0 bridgehead atoms. The van der Waals surface area contributed by atoms with Crippen LogP contribution in [0.25, 0.3) is 0 Å². The van der Waals surface area contributed by atoms with Crippen molar-refractivity contribution >= 4 is 23.2 Å². The van der Waals surface area contributed by atoms with Gasteiger partial charge in [0.1, 0.15) is 5.75 Å². The normalized spacial score (nSPS) is 10.2. The summed E-state index contributed by atoms with van der Waals surface area (Å²) in [7, 11) is 0. The van der Waals surface area contributed by atoms with Gasteiger partial charge in [0.2, 0.25) is 5.91 Å². The van der Waals surface area contributed by atoms with Gasteiger partial charge in [0.25, 0.3) is 5.91 Å². The van der Waals surface area contributed by atoms with E-state index in [2.05, 4.69) is 17.6 Å². The Morgan fingerprint density at radius 2 is 1.88 bits per heavy atom. The minimum atomic E-state index is -0.224. The number of nitrogens with one attached hydrogen (secondary N) is 2. The molecule has 2 aromatic carbocycles. The molecule has 132 valence electrons. The fourth-order valence-electron chi connectivity index (χ4n) is 2.29. The van der Waals surface area contributed by atoms with Crippen molar-refractivity contribution in [2.75, 3.05) is 17.2 Å². The SMILES string of the molecule is CCCCOc1cccc(C(=O)Nc2ccc(C)c(NC(C)=O)c2)c1. The first-order valence-electron chi connectivity index (χ1n) is 8.42. The predicted molar refractivity (Wildman–Crippen MR) is 100 cm³/mol. The van der Waals surface area contributed by atoms with Crippen molar-refractivity contribution in [2.24, 2.45) is 0 Å². The van der Waals surface area contributed by atoms with Crippen molar-refractivity contribution in [1.29, 1.82) is 0 Å². The highest BCUT2D eigenvalue weighted by molar-refractivity contribution is 6.05. The number of amides is 2. The number of hydrogen-bond donors (Lipinski definition) is 2. The summed E-state index contributed by atoms with van der Waals surface area (Å²) in [6, 6.07) is 12.5. The minimum Gasteiger partial charge on any atom is -0.494 e. The van der Waals surface area contributed by atoms with Crippen LogP contribution in [0.5, 0.6) is 5.75 Å². The summed E-state index contributed by atoms with van der Waals surface area (Å²) in [5.41, 5.74) is 2.76. The van der Waals surface area contributed by atoms with Crippen LogP contribution in [0.1, 0.15) is 42.6 Å². The lowest BCUT2D eigenvalue weighted by atomic mass is 10.1. The van der Waals surface area contributed by atoms with Gasteiger partial charge in [-0.05, 0) is 49.2 Å². The van der Waals surface area contributed by atoms with Gasteiger partial charge in [0, 0.05) is 23.9 Å². The molecule has 0 aliphatic heterocycles. The van der Waals surface area contributed by atoms with E-state index in [9.17, 15) is 9.59 Å². The topological polar surface area (TPSA) is 67.4 Å². The highest BCUT2D eigenvalue weighted by atomic mass is 16.5. The molecule has 0 spiro atoms. The molecule has 0 fully saturated rings. The molecule has 0 aromatic heterocycles. The lowest BCUT2D eigenvalue weighted by molar-refractivity contribution is -0.114. The maximum atomic E-state index is 12.5.